The van der Waals surface area contributed by atoms with Crippen LogP contribution in [0.4, 0.5) is 0 Å². The normalized spacial score (nSPS) is 17.0. The number of carbonyl (C=O) groups excluding carboxylic acids is 1. The summed E-state index contributed by atoms with van der Waals surface area (Å²) in [6.45, 7) is 3.60. The standard InChI is InChI=1S/C20H25NO4/c1-13-11-19(22)25-18-12-16(9-10-17(13)18)24-14(2)20(23)21-15-7-5-3-4-6-8-15/h9-12,14-15H,3-8H2,1-2H3,(H,21,23). The number of nitrogens with one attached hydrogen (secondary N) is 1. The highest BCUT2D eigenvalue weighted by molar-refractivity contribution is 5.82. The Bertz CT molecular complexity index is 803. The van der Waals surface area contributed by atoms with E-state index in [1.54, 1.807) is 19.1 Å². The zero-order valence-corrected chi connectivity index (χ0v) is 14.8. The molecule has 1 N–H and O–H groups in total. The molecule has 2 aromatic rings. The molecule has 0 saturated heterocycles. The Morgan fingerprint density at radius 2 is 1.92 bits per heavy atom. The molecule has 5 nitrogen and oxygen atoms in total. The Morgan fingerprint density at radius 3 is 2.64 bits per heavy atom. The average molecular weight is 343 g/mol. The van der Waals surface area contributed by atoms with E-state index in [0.29, 0.717) is 11.3 Å². The third-order valence-corrected chi connectivity index (χ3v) is 4.81. The minimum atomic E-state index is -0.600. The van der Waals surface area contributed by atoms with Crippen molar-refractivity contribution >= 4 is 16.9 Å². The molecule has 3 rings (SSSR count). The van der Waals surface area contributed by atoms with Gasteiger partial charge in [-0.15, -0.1) is 0 Å². The Hall–Kier alpha value is -2.30. The highest BCUT2D eigenvalue weighted by atomic mass is 16.5. The lowest BCUT2D eigenvalue weighted by atomic mass is 10.1. The third kappa shape index (κ3) is 4.41. The van der Waals surface area contributed by atoms with E-state index in [9.17, 15) is 9.59 Å². The van der Waals surface area contributed by atoms with Gasteiger partial charge in [0, 0.05) is 23.6 Å². The second-order valence-corrected chi connectivity index (χ2v) is 6.86. The van der Waals surface area contributed by atoms with Crippen LogP contribution in [0.5, 0.6) is 5.75 Å². The Balaban J connectivity index is 1.67. The number of amides is 1. The summed E-state index contributed by atoms with van der Waals surface area (Å²) < 4.78 is 11.0. The van der Waals surface area contributed by atoms with Crippen molar-refractivity contribution in [3.8, 4) is 5.75 Å². The first kappa shape index (κ1) is 17.5. The summed E-state index contributed by atoms with van der Waals surface area (Å²) in [5, 5.41) is 3.96. The summed E-state index contributed by atoms with van der Waals surface area (Å²) in [5.74, 6) is 0.419. The van der Waals surface area contributed by atoms with Crippen LogP contribution >= 0.6 is 0 Å². The first-order valence-corrected chi connectivity index (χ1v) is 9.04. The van der Waals surface area contributed by atoms with E-state index in [-0.39, 0.29) is 17.6 Å². The largest absolute Gasteiger partial charge is 0.481 e. The number of benzene rings is 1. The molecule has 1 fully saturated rings. The highest BCUT2D eigenvalue weighted by Crippen LogP contribution is 2.23. The van der Waals surface area contributed by atoms with Crippen LogP contribution in [-0.2, 0) is 4.79 Å². The number of aryl methyl sites for hydroxylation is 1. The first-order valence-electron chi connectivity index (χ1n) is 9.04. The van der Waals surface area contributed by atoms with Crippen LogP contribution in [0.3, 0.4) is 0 Å². The predicted octanol–water partition coefficient (Wildman–Crippen LogP) is 3.71. The fraction of sp³-hybridized carbons (Fsp3) is 0.500. The molecule has 25 heavy (non-hydrogen) atoms. The van der Waals surface area contributed by atoms with Gasteiger partial charge in [0.15, 0.2) is 6.10 Å². The van der Waals surface area contributed by atoms with Crippen molar-refractivity contribution in [1.29, 1.82) is 0 Å². The number of fused-ring (bicyclic) bond motifs is 1. The maximum atomic E-state index is 12.4. The minimum absolute atomic E-state index is 0.0994. The Morgan fingerprint density at radius 1 is 1.20 bits per heavy atom. The monoisotopic (exact) mass is 343 g/mol. The maximum absolute atomic E-state index is 12.4. The van der Waals surface area contributed by atoms with Crippen molar-refractivity contribution in [2.75, 3.05) is 0 Å². The fourth-order valence-electron chi connectivity index (χ4n) is 3.38. The third-order valence-electron chi connectivity index (χ3n) is 4.81. The van der Waals surface area contributed by atoms with Crippen molar-refractivity contribution in [2.24, 2.45) is 0 Å². The van der Waals surface area contributed by atoms with Gasteiger partial charge in [-0.05, 0) is 44.4 Å². The van der Waals surface area contributed by atoms with Gasteiger partial charge >= 0.3 is 5.63 Å². The van der Waals surface area contributed by atoms with E-state index in [1.807, 2.05) is 13.0 Å². The average Bonchev–Trinajstić information content (AvgIpc) is 2.83. The van der Waals surface area contributed by atoms with E-state index < -0.39 is 6.10 Å². The minimum Gasteiger partial charge on any atom is -0.481 e. The molecule has 5 heteroatoms. The maximum Gasteiger partial charge on any atom is 0.336 e. The molecule has 1 aromatic carbocycles. The van der Waals surface area contributed by atoms with Crippen LogP contribution in [0.15, 0.2) is 33.5 Å². The second kappa shape index (κ2) is 7.72. The van der Waals surface area contributed by atoms with E-state index in [1.165, 1.54) is 31.7 Å². The summed E-state index contributed by atoms with van der Waals surface area (Å²) in [7, 11) is 0. The van der Waals surface area contributed by atoms with Gasteiger partial charge < -0.3 is 14.5 Å². The summed E-state index contributed by atoms with van der Waals surface area (Å²) in [4.78, 5) is 23.9. The van der Waals surface area contributed by atoms with E-state index >= 15 is 0 Å². The summed E-state index contributed by atoms with van der Waals surface area (Å²) in [6, 6.07) is 7.02. The van der Waals surface area contributed by atoms with Crippen LogP contribution in [-0.4, -0.2) is 18.1 Å². The molecule has 1 aliphatic carbocycles. The molecular weight excluding hydrogens is 318 g/mol. The van der Waals surface area contributed by atoms with Gasteiger partial charge in [0.2, 0.25) is 0 Å². The molecule has 0 radical (unpaired) electrons. The first-order chi connectivity index (χ1) is 12.0. The molecule has 1 aliphatic rings. The van der Waals surface area contributed by atoms with Gasteiger partial charge in [-0.25, -0.2) is 4.79 Å². The van der Waals surface area contributed by atoms with Crippen molar-refractivity contribution < 1.29 is 13.9 Å². The molecule has 1 atom stereocenters. The van der Waals surface area contributed by atoms with Crippen molar-refractivity contribution in [2.45, 2.75) is 64.5 Å². The lowest BCUT2D eigenvalue weighted by molar-refractivity contribution is -0.128. The molecule has 1 amide bonds. The number of rotatable bonds is 4. The number of carbonyl (C=O) groups is 1. The predicted molar refractivity (Wildman–Crippen MR) is 96.9 cm³/mol. The summed E-state index contributed by atoms with van der Waals surface area (Å²) in [5.41, 5.74) is 0.942. The van der Waals surface area contributed by atoms with Gasteiger partial charge in [-0.3, -0.25) is 4.79 Å². The van der Waals surface area contributed by atoms with Gasteiger partial charge in [0.1, 0.15) is 11.3 Å². The zero-order valence-electron chi connectivity index (χ0n) is 14.8. The molecular formula is C20H25NO4. The Kier molecular flexibility index (Phi) is 5.41. The van der Waals surface area contributed by atoms with E-state index in [2.05, 4.69) is 5.32 Å². The number of ether oxygens (including phenoxy) is 1. The van der Waals surface area contributed by atoms with Crippen LogP contribution in [0.2, 0.25) is 0 Å². The summed E-state index contributed by atoms with van der Waals surface area (Å²) >= 11 is 0. The number of hydrogen-bond donors (Lipinski definition) is 1. The van der Waals surface area contributed by atoms with Gasteiger partial charge in [0.25, 0.3) is 5.91 Å². The SMILES string of the molecule is Cc1cc(=O)oc2cc(OC(C)C(=O)NC3CCCCCC3)ccc12. The van der Waals surface area contributed by atoms with Gasteiger partial charge in [0.05, 0.1) is 0 Å². The van der Waals surface area contributed by atoms with E-state index in [4.69, 9.17) is 9.15 Å². The molecule has 0 spiro atoms. The van der Waals surface area contributed by atoms with Crippen LogP contribution < -0.4 is 15.7 Å². The van der Waals surface area contributed by atoms with Crippen molar-refractivity contribution in [3.05, 3.63) is 40.2 Å². The molecule has 1 aromatic heterocycles. The molecule has 134 valence electrons. The lowest BCUT2D eigenvalue weighted by Crippen LogP contribution is -2.42. The highest BCUT2D eigenvalue weighted by Gasteiger charge is 2.20. The molecule has 1 heterocycles. The zero-order chi connectivity index (χ0) is 17.8. The van der Waals surface area contributed by atoms with Crippen LogP contribution in [0, 0.1) is 6.92 Å². The molecule has 1 unspecified atom stereocenters. The van der Waals surface area contributed by atoms with Crippen molar-refractivity contribution in [1.82, 2.24) is 5.32 Å². The quantitative estimate of drug-likeness (QED) is 0.679. The van der Waals surface area contributed by atoms with Gasteiger partial charge in [-0.2, -0.15) is 0 Å². The van der Waals surface area contributed by atoms with Crippen LogP contribution in [0.1, 0.15) is 51.0 Å². The molecule has 1 saturated carbocycles. The van der Waals surface area contributed by atoms with Gasteiger partial charge in [-0.1, -0.05) is 25.7 Å². The topological polar surface area (TPSA) is 68.5 Å². The fourth-order valence-corrected chi connectivity index (χ4v) is 3.38. The van der Waals surface area contributed by atoms with Crippen molar-refractivity contribution in [3.63, 3.8) is 0 Å². The lowest BCUT2D eigenvalue weighted by Gasteiger charge is -2.20. The molecule has 0 bridgehead atoms. The second-order valence-electron chi connectivity index (χ2n) is 6.86. The van der Waals surface area contributed by atoms with Crippen LogP contribution in [0.25, 0.3) is 11.0 Å². The smallest absolute Gasteiger partial charge is 0.336 e. The Labute approximate surface area is 147 Å². The summed E-state index contributed by atoms with van der Waals surface area (Å²) in [6.07, 6.45) is 6.32. The number of hydrogen-bond acceptors (Lipinski definition) is 4. The molecule has 0 aliphatic heterocycles. The van der Waals surface area contributed by atoms with E-state index in [0.717, 1.165) is 23.8 Å².